The van der Waals surface area contributed by atoms with E-state index in [-0.39, 0.29) is 5.69 Å². The van der Waals surface area contributed by atoms with E-state index < -0.39 is 5.97 Å². The normalized spacial score (nSPS) is 9.53. The fourth-order valence-corrected chi connectivity index (χ4v) is 1.30. The van der Waals surface area contributed by atoms with Crippen LogP contribution in [0.3, 0.4) is 0 Å². The topological polar surface area (TPSA) is 66.0 Å². The minimum Gasteiger partial charge on any atom is -0.476 e. The number of H-pyrrole nitrogens is 1. The molecule has 0 saturated carbocycles. The van der Waals surface area contributed by atoms with Crippen molar-refractivity contribution in [2.45, 2.75) is 20.8 Å². The predicted octanol–water partition coefficient (Wildman–Crippen LogP) is 2.60. The van der Waals surface area contributed by atoms with Crippen LogP contribution in [0.4, 0.5) is 0 Å². The van der Waals surface area contributed by atoms with Crippen molar-refractivity contribution < 1.29 is 9.90 Å². The molecular weight excluding hydrogens is 192 g/mol. The zero-order valence-corrected chi connectivity index (χ0v) is 9.03. The summed E-state index contributed by atoms with van der Waals surface area (Å²) in [7, 11) is 0. The SMILES string of the molecule is CC.Cc1ccc2c(C(=O)O)n[nH]c2c1. The van der Waals surface area contributed by atoms with Gasteiger partial charge in [0.1, 0.15) is 0 Å². The third-order valence-corrected chi connectivity index (χ3v) is 1.92. The fourth-order valence-electron chi connectivity index (χ4n) is 1.30. The van der Waals surface area contributed by atoms with E-state index in [9.17, 15) is 4.79 Å². The summed E-state index contributed by atoms with van der Waals surface area (Å²) >= 11 is 0. The van der Waals surface area contributed by atoms with Gasteiger partial charge in [-0.3, -0.25) is 5.10 Å². The predicted molar refractivity (Wildman–Crippen MR) is 59.1 cm³/mol. The Morgan fingerprint density at radius 1 is 1.40 bits per heavy atom. The van der Waals surface area contributed by atoms with Crippen LogP contribution >= 0.6 is 0 Å². The van der Waals surface area contributed by atoms with E-state index >= 15 is 0 Å². The summed E-state index contributed by atoms with van der Waals surface area (Å²) in [5.74, 6) is -1.00. The minimum atomic E-state index is -1.00. The van der Waals surface area contributed by atoms with Gasteiger partial charge in [0.2, 0.25) is 0 Å². The molecule has 0 bridgehead atoms. The van der Waals surface area contributed by atoms with Crippen molar-refractivity contribution >= 4 is 16.9 Å². The van der Waals surface area contributed by atoms with Gasteiger partial charge in [-0.05, 0) is 18.6 Å². The van der Waals surface area contributed by atoms with Gasteiger partial charge in [-0.15, -0.1) is 0 Å². The third kappa shape index (κ3) is 2.15. The van der Waals surface area contributed by atoms with Crippen LogP contribution in [0.5, 0.6) is 0 Å². The number of hydrogen-bond donors (Lipinski definition) is 2. The summed E-state index contributed by atoms with van der Waals surface area (Å²) < 4.78 is 0. The largest absolute Gasteiger partial charge is 0.476 e. The number of carbonyl (C=O) groups is 1. The van der Waals surface area contributed by atoms with E-state index in [0.717, 1.165) is 11.1 Å². The second-order valence-electron chi connectivity index (χ2n) is 2.93. The molecule has 0 saturated heterocycles. The Bertz CT molecular complexity index is 474. The Labute approximate surface area is 87.9 Å². The van der Waals surface area contributed by atoms with Gasteiger partial charge in [-0.25, -0.2) is 4.79 Å². The molecule has 0 atom stereocenters. The molecule has 0 aliphatic heterocycles. The van der Waals surface area contributed by atoms with Crippen molar-refractivity contribution in [3.8, 4) is 0 Å². The summed E-state index contributed by atoms with van der Waals surface area (Å²) in [5, 5.41) is 15.8. The molecule has 2 rings (SSSR count). The van der Waals surface area contributed by atoms with Gasteiger partial charge in [-0.2, -0.15) is 5.10 Å². The van der Waals surface area contributed by atoms with E-state index in [4.69, 9.17) is 5.11 Å². The van der Waals surface area contributed by atoms with Crippen LogP contribution < -0.4 is 0 Å². The number of rotatable bonds is 1. The molecule has 0 fully saturated rings. The van der Waals surface area contributed by atoms with E-state index in [1.54, 1.807) is 6.07 Å². The van der Waals surface area contributed by atoms with Crippen molar-refractivity contribution in [2.75, 3.05) is 0 Å². The maximum absolute atomic E-state index is 10.7. The van der Waals surface area contributed by atoms with Gasteiger partial charge in [0, 0.05) is 5.39 Å². The van der Waals surface area contributed by atoms with Crippen molar-refractivity contribution in [2.24, 2.45) is 0 Å². The molecule has 0 aliphatic rings. The lowest BCUT2D eigenvalue weighted by Gasteiger charge is -1.91. The number of carboxylic acids is 1. The number of hydrogen-bond acceptors (Lipinski definition) is 2. The van der Waals surface area contributed by atoms with Crippen LogP contribution in [0.25, 0.3) is 10.9 Å². The first-order valence-electron chi connectivity index (χ1n) is 4.86. The Hall–Kier alpha value is -1.84. The monoisotopic (exact) mass is 206 g/mol. The lowest BCUT2D eigenvalue weighted by atomic mass is 10.1. The number of nitrogens with zero attached hydrogens (tertiary/aromatic N) is 1. The van der Waals surface area contributed by atoms with E-state index in [1.165, 1.54) is 0 Å². The first-order valence-corrected chi connectivity index (χ1v) is 4.86. The molecule has 4 nitrogen and oxygen atoms in total. The minimum absolute atomic E-state index is 0.0787. The van der Waals surface area contributed by atoms with E-state index in [1.807, 2.05) is 32.9 Å². The zero-order valence-electron chi connectivity index (χ0n) is 9.03. The quantitative estimate of drug-likeness (QED) is 0.753. The number of aromatic carboxylic acids is 1. The van der Waals surface area contributed by atoms with Crippen molar-refractivity contribution in [3.63, 3.8) is 0 Å². The van der Waals surface area contributed by atoms with Gasteiger partial charge in [0.05, 0.1) is 5.52 Å². The van der Waals surface area contributed by atoms with Crippen LogP contribution in [0.2, 0.25) is 0 Å². The molecule has 0 amide bonds. The Morgan fingerprint density at radius 2 is 2.07 bits per heavy atom. The standard InChI is InChI=1S/C9H8N2O2.C2H6/c1-5-2-3-6-7(4-5)10-11-8(6)9(12)13;1-2/h2-4H,1H3,(H,10,11)(H,12,13);1-2H3. The fraction of sp³-hybridized carbons (Fsp3) is 0.273. The smallest absolute Gasteiger partial charge is 0.357 e. The number of nitrogens with one attached hydrogen (secondary N) is 1. The number of carboxylic acid groups (broad SMARTS) is 1. The number of benzene rings is 1. The average Bonchev–Trinajstić information content (AvgIpc) is 2.63. The molecule has 1 aromatic heterocycles. The van der Waals surface area contributed by atoms with E-state index in [0.29, 0.717) is 5.39 Å². The first-order chi connectivity index (χ1) is 7.18. The lowest BCUT2D eigenvalue weighted by Crippen LogP contribution is -1.96. The Balaban J connectivity index is 0.000000531. The maximum atomic E-state index is 10.7. The Kier molecular flexibility index (Phi) is 3.44. The number of aromatic amines is 1. The molecule has 1 heterocycles. The molecule has 0 spiro atoms. The van der Waals surface area contributed by atoms with Crippen LogP contribution in [0.15, 0.2) is 18.2 Å². The summed E-state index contributed by atoms with van der Waals surface area (Å²) in [6.45, 7) is 5.95. The number of fused-ring (bicyclic) bond motifs is 1. The number of aromatic nitrogens is 2. The molecule has 1 aromatic carbocycles. The van der Waals surface area contributed by atoms with Gasteiger partial charge in [0.25, 0.3) is 0 Å². The van der Waals surface area contributed by atoms with Crippen LogP contribution in [-0.4, -0.2) is 21.3 Å². The highest BCUT2D eigenvalue weighted by Gasteiger charge is 2.11. The molecule has 0 unspecified atom stereocenters. The summed E-state index contributed by atoms with van der Waals surface area (Å²) in [4.78, 5) is 10.7. The molecule has 80 valence electrons. The first kappa shape index (κ1) is 11.2. The van der Waals surface area contributed by atoms with Crippen molar-refractivity contribution in [3.05, 3.63) is 29.5 Å². The van der Waals surface area contributed by atoms with Gasteiger partial charge >= 0.3 is 5.97 Å². The van der Waals surface area contributed by atoms with Gasteiger partial charge < -0.3 is 5.11 Å². The molecule has 0 aliphatic carbocycles. The second-order valence-corrected chi connectivity index (χ2v) is 2.93. The van der Waals surface area contributed by atoms with Crippen molar-refractivity contribution in [1.82, 2.24) is 10.2 Å². The van der Waals surface area contributed by atoms with Gasteiger partial charge in [-0.1, -0.05) is 26.0 Å². The summed E-state index contributed by atoms with van der Waals surface area (Å²) in [5.41, 5.74) is 1.92. The highest BCUT2D eigenvalue weighted by molar-refractivity contribution is 6.00. The molecule has 4 heteroatoms. The van der Waals surface area contributed by atoms with E-state index in [2.05, 4.69) is 10.2 Å². The second kappa shape index (κ2) is 4.59. The maximum Gasteiger partial charge on any atom is 0.357 e. The Morgan fingerprint density at radius 3 is 2.67 bits per heavy atom. The molecule has 0 radical (unpaired) electrons. The van der Waals surface area contributed by atoms with Crippen molar-refractivity contribution in [1.29, 1.82) is 0 Å². The zero-order chi connectivity index (χ0) is 11.4. The van der Waals surface area contributed by atoms with Crippen LogP contribution in [-0.2, 0) is 0 Å². The van der Waals surface area contributed by atoms with Crippen LogP contribution in [0.1, 0.15) is 29.9 Å². The molecule has 2 N–H and O–H groups in total. The lowest BCUT2D eigenvalue weighted by molar-refractivity contribution is 0.0692. The molecule has 2 aromatic rings. The third-order valence-electron chi connectivity index (χ3n) is 1.92. The molecule has 15 heavy (non-hydrogen) atoms. The molecular formula is C11H14N2O2. The average molecular weight is 206 g/mol. The highest BCUT2D eigenvalue weighted by atomic mass is 16.4. The number of aryl methyl sites for hydroxylation is 1. The summed E-state index contributed by atoms with van der Waals surface area (Å²) in [6.07, 6.45) is 0. The van der Waals surface area contributed by atoms with Crippen LogP contribution in [0, 0.1) is 6.92 Å². The summed E-state index contributed by atoms with van der Waals surface area (Å²) in [6, 6.07) is 5.50. The highest BCUT2D eigenvalue weighted by Crippen LogP contribution is 2.16. The van der Waals surface area contributed by atoms with Gasteiger partial charge in [0.15, 0.2) is 5.69 Å².